The van der Waals surface area contributed by atoms with Crippen molar-refractivity contribution in [3.8, 4) is 11.1 Å². The van der Waals surface area contributed by atoms with Gasteiger partial charge in [-0.15, -0.1) is 11.3 Å². The van der Waals surface area contributed by atoms with E-state index in [9.17, 15) is 0 Å². The Morgan fingerprint density at radius 3 is 2.35 bits per heavy atom. The van der Waals surface area contributed by atoms with Gasteiger partial charge < -0.3 is 5.32 Å². The van der Waals surface area contributed by atoms with E-state index in [4.69, 9.17) is 34.8 Å². The Morgan fingerprint density at radius 2 is 1.65 bits per heavy atom. The highest BCUT2D eigenvalue weighted by molar-refractivity contribution is 7.17. The van der Waals surface area contributed by atoms with Crippen LogP contribution in [0.25, 0.3) is 21.3 Å². The van der Waals surface area contributed by atoms with Gasteiger partial charge in [0.25, 0.3) is 0 Å². The molecule has 1 N–H and O–H groups in total. The van der Waals surface area contributed by atoms with Crippen LogP contribution in [-0.2, 0) is 0 Å². The van der Waals surface area contributed by atoms with Gasteiger partial charge in [0.1, 0.15) is 17.0 Å². The van der Waals surface area contributed by atoms with Gasteiger partial charge in [0, 0.05) is 16.0 Å². The normalized spacial score (nSPS) is 11.1. The SMILES string of the molecule is Cc1ccc(-c2csc3ncnc(Nc4c(Cl)cc(Cl)cc4Cl)c23)cc1. The fourth-order valence-electron chi connectivity index (χ4n) is 2.70. The Labute approximate surface area is 169 Å². The van der Waals surface area contributed by atoms with E-state index in [2.05, 4.69) is 51.9 Å². The van der Waals surface area contributed by atoms with Crippen LogP contribution in [0.1, 0.15) is 5.56 Å². The predicted octanol–water partition coefficient (Wildman–Crippen LogP) is 7.37. The van der Waals surface area contributed by atoms with E-state index in [0.29, 0.717) is 26.6 Å². The molecular formula is C19H12Cl3N3S. The summed E-state index contributed by atoms with van der Waals surface area (Å²) in [6.45, 7) is 2.07. The molecule has 0 bridgehead atoms. The summed E-state index contributed by atoms with van der Waals surface area (Å²) in [5.74, 6) is 0.651. The number of benzene rings is 2. The molecule has 130 valence electrons. The molecule has 2 aromatic carbocycles. The maximum Gasteiger partial charge on any atom is 0.143 e. The van der Waals surface area contributed by atoms with E-state index in [1.54, 1.807) is 23.5 Å². The number of aryl methyl sites for hydroxylation is 1. The van der Waals surface area contributed by atoms with Crippen LogP contribution in [0.15, 0.2) is 48.1 Å². The minimum atomic E-state index is 0.432. The summed E-state index contributed by atoms with van der Waals surface area (Å²) in [5.41, 5.74) is 3.95. The Morgan fingerprint density at radius 1 is 0.962 bits per heavy atom. The third kappa shape index (κ3) is 3.26. The molecule has 0 fully saturated rings. The molecule has 2 heterocycles. The second-order valence-corrected chi connectivity index (χ2v) is 7.90. The Balaban J connectivity index is 1.86. The molecule has 3 nitrogen and oxygen atoms in total. The summed E-state index contributed by atoms with van der Waals surface area (Å²) in [6, 6.07) is 11.6. The number of hydrogen-bond donors (Lipinski definition) is 1. The first-order valence-electron chi connectivity index (χ1n) is 7.74. The number of rotatable bonds is 3. The average Bonchev–Trinajstić information content (AvgIpc) is 3.03. The molecule has 0 amide bonds. The quantitative estimate of drug-likeness (QED) is 0.376. The molecule has 26 heavy (non-hydrogen) atoms. The Bertz CT molecular complexity index is 1080. The monoisotopic (exact) mass is 419 g/mol. The number of aromatic nitrogens is 2. The summed E-state index contributed by atoms with van der Waals surface area (Å²) in [7, 11) is 0. The molecule has 0 aliphatic heterocycles. The highest BCUT2D eigenvalue weighted by Gasteiger charge is 2.16. The highest BCUT2D eigenvalue weighted by Crippen LogP contribution is 2.40. The predicted molar refractivity (Wildman–Crippen MR) is 112 cm³/mol. The van der Waals surface area contributed by atoms with Crippen LogP contribution in [0.2, 0.25) is 15.1 Å². The maximum absolute atomic E-state index is 6.31. The number of fused-ring (bicyclic) bond motifs is 1. The van der Waals surface area contributed by atoms with Crippen molar-refractivity contribution in [2.75, 3.05) is 5.32 Å². The fourth-order valence-corrected chi connectivity index (χ4v) is 4.52. The molecule has 0 spiro atoms. The molecule has 0 aliphatic carbocycles. The molecule has 0 unspecified atom stereocenters. The Hall–Kier alpha value is -1.85. The summed E-state index contributed by atoms with van der Waals surface area (Å²) >= 11 is 20.2. The lowest BCUT2D eigenvalue weighted by Gasteiger charge is -2.12. The third-order valence-electron chi connectivity index (χ3n) is 3.98. The number of nitrogens with zero attached hydrogens (tertiary/aromatic N) is 2. The van der Waals surface area contributed by atoms with E-state index in [1.807, 2.05) is 0 Å². The zero-order valence-corrected chi connectivity index (χ0v) is 16.6. The van der Waals surface area contributed by atoms with Crippen molar-refractivity contribution in [3.63, 3.8) is 0 Å². The topological polar surface area (TPSA) is 37.8 Å². The fraction of sp³-hybridized carbons (Fsp3) is 0.0526. The lowest BCUT2D eigenvalue weighted by atomic mass is 10.0. The first-order chi connectivity index (χ1) is 12.5. The van der Waals surface area contributed by atoms with Gasteiger partial charge in [-0.05, 0) is 24.6 Å². The van der Waals surface area contributed by atoms with E-state index in [-0.39, 0.29) is 0 Å². The lowest BCUT2D eigenvalue weighted by Crippen LogP contribution is -1.97. The van der Waals surface area contributed by atoms with Crippen molar-refractivity contribution >= 4 is 67.9 Å². The molecule has 0 saturated heterocycles. The molecule has 0 aliphatic rings. The first kappa shape index (κ1) is 17.6. The minimum Gasteiger partial charge on any atom is -0.337 e. The number of thiophene rings is 1. The van der Waals surface area contributed by atoms with Crippen LogP contribution in [0.4, 0.5) is 11.5 Å². The molecule has 0 atom stereocenters. The van der Waals surface area contributed by atoms with Crippen LogP contribution >= 0.6 is 46.1 Å². The maximum atomic E-state index is 6.31. The number of halogens is 3. The summed E-state index contributed by atoms with van der Waals surface area (Å²) < 4.78 is 0. The van der Waals surface area contributed by atoms with E-state index in [0.717, 1.165) is 21.3 Å². The van der Waals surface area contributed by atoms with Gasteiger partial charge in [-0.25, -0.2) is 9.97 Å². The van der Waals surface area contributed by atoms with Crippen molar-refractivity contribution < 1.29 is 0 Å². The molecule has 0 radical (unpaired) electrons. The van der Waals surface area contributed by atoms with Crippen LogP contribution < -0.4 is 5.32 Å². The van der Waals surface area contributed by atoms with Crippen molar-refractivity contribution in [3.05, 3.63) is 68.7 Å². The molecule has 7 heteroatoms. The smallest absolute Gasteiger partial charge is 0.143 e. The summed E-state index contributed by atoms with van der Waals surface area (Å²) in [5, 5.41) is 7.61. The number of nitrogens with one attached hydrogen (secondary N) is 1. The van der Waals surface area contributed by atoms with Crippen LogP contribution in [-0.4, -0.2) is 9.97 Å². The van der Waals surface area contributed by atoms with Gasteiger partial charge >= 0.3 is 0 Å². The van der Waals surface area contributed by atoms with Gasteiger partial charge in [-0.3, -0.25) is 0 Å². The van der Waals surface area contributed by atoms with Gasteiger partial charge in [0.15, 0.2) is 0 Å². The number of anilines is 2. The molecule has 0 saturated carbocycles. The van der Waals surface area contributed by atoms with E-state index in [1.165, 1.54) is 11.9 Å². The second kappa shape index (κ2) is 7.05. The van der Waals surface area contributed by atoms with Crippen molar-refractivity contribution in [2.24, 2.45) is 0 Å². The largest absolute Gasteiger partial charge is 0.337 e. The van der Waals surface area contributed by atoms with Crippen LogP contribution in [0, 0.1) is 6.92 Å². The van der Waals surface area contributed by atoms with Crippen molar-refractivity contribution in [1.82, 2.24) is 9.97 Å². The van der Waals surface area contributed by atoms with E-state index < -0.39 is 0 Å². The number of hydrogen-bond acceptors (Lipinski definition) is 4. The standard InChI is InChI=1S/C19H12Cl3N3S/c1-10-2-4-11(5-3-10)13-8-26-19-16(13)18(23-9-24-19)25-17-14(21)6-12(20)7-15(17)22/h2-9H,1H3,(H,23,24,25). The van der Waals surface area contributed by atoms with Gasteiger partial charge in [0.2, 0.25) is 0 Å². The third-order valence-corrected chi connectivity index (χ3v) is 5.68. The van der Waals surface area contributed by atoms with Crippen LogP contribution in [0.5, 0.6) is 0 Å². The zero-order valence-electron chi connectivity index (χ0n) is 13.6. The summed E-state index contributed by atoms with van der Waals surface area (Å²) in [6.07, 6.45) is 1.53. The molecule has 4 aromatic rings. The van der Waals surface area contributed by atoms with Gasteiger partial charge in [-0.2, -0.15) is 0 Å². The summed E-state index contributed by atoms with van der Waals surface area (Å²) in [4.78, 5) is 9.69. The molecular weight excluding hydrogens is 409 g/mol. The van der Waals surface area contributed by atoms with Crippen LogP contribution in [0.3, 0.4) is 0 Å². The van der Waals surface area contributed by atoms with E-state index >= 15 is 0 Å². The lowest BCUT2D eigenvalue weighted by molar-refractivity contribution is 1.23. The average molecular weight is 421 g/mol. The highest BCUT2D eigenvalue weighted by atomic mass is 35.5. The minimum absolute atomic E-state index is 0.432. The van der Waals surface area contributed by atoms with Gasteiger partial charge in [0.05, 0.1) is 21.1 Å². The van der Waals surface area contributed by atoms with Gasteiger partial charge in [-0.1, -0.05) is 64.6 Å². The van der Waals surface area contributed by atoms with Crippen molar-refractivity contribution in [1.29, 1.82) is 0 Å². The Kier molecular flexibility index (Phi) is 4.76. The second-order valence-electron chi connectivity index (χ2n) is 5.79. The zero-order chi connectivity index (χ0) is 18.3. The molecule has 4 rings (SSSR count). The van der Waals surface area contributed by atoms with Crippen molar-refractivity contribution in [2.45, 2.75) is 6.92 Å². The first-order valence-corrected chi connectivity index (χ1v) is 9.75. The molecule has 2 aromatic heterocycles.